The zero-order valence-electron chi connectivity index (χ0n) is 18.0. The highest BCUT2D eigenvalue weighted by Crippen LogP contribution is 2.22. The van der Waals surface area contributed by atoms with E-state index < -0.39 is 0 Å². The van der Waals surface area contributed by atoms with Gasteiger partial charge in [0.1, 0.15) is 0 Å². The second-order valence-corrected chi connectivity index (χ2v) is 7.81. The lowest BCUT2D eigenvalue weighted by Crippen LogP contribution is -2.36. The van der Waals surface area contributed by atoms with Crippen LogP contribution in [0.3, 0.4) is 0 Å². The van der Waals surface area contributed by atoms with Crippen LogP contribution >= 0.6 is 0 Å². The zero-order chi connectivity index (χ0) is 21.7. The van der Waals surface area contributed by atoms with Crippen LogP contribution in [0.5, 0.6) is 0 Å². The van der Waals surface area contributed by atoms with E-state index in [1.807, 2.05) is 75.4 Å². The van der Waals surface area contributed by atoms with E-state index in [1.165, 1.54) is 4.90 Å². The largest absolute Gasteiger partial charge is 0.336 e. The van der Waals surface area contributed by atoms with Gasteiger partial charge in [0.2, 0.25) is 11.8 Å². The first kappa shape index (κ1) is 21.3. The molecule has 154 valence electrons. The molecule has 0 bridgehead atoms. The maximum Gasteiger partial charge on any atom is 0.243 e. The van der Waals surface area contributed by atoms with Crippen molar-refractivity contribution in [2.45, 2.75) is 27.2 Å². The summed E-state index contributed by atoms with van der Waals surface area (Å²) >= 11 is 0. The molecule has 0 heterocycles. The van der Waals surface area contributed by atoms with Gasteiger partial charge in [-0.3, -0.25) is 9.59 Å². The van der Waals surface area contributed by atoms with Crippen LogP contribution in [0, 0.1) is 20.8 Å². The maximum absolute atomic E-state index is 12.6. The lowest BCUT2D eigenvalue weighted by molar-refractivity contribution is -0.132. The van der Waals surface area contributed by atoms with Gasteiger partial charge in [-0.15, -0.1) is 0 Å². The van der Waals surface area contributed by atoms with Gasteiger partial charge in [0.15, 0.2) is 0 Å². The summed E-state index contributed by atoms with van der Waals surface area (Å²) in [5, 5.41) is 2.95. The first-order valence-electron chi connectivity index (χ1n) is 10.1. The number of carbonyl (C=O) groups excluding carboxylic acids is 2. The molecule has 0 aliphatic heterocycles. The van der Waals surface area contributed by atoms with Crippen LogP contribution in [-0.2, 0) is 16.0 Å². The molecule has 3 rings (SSSR count). The summed E-state index contributed by atoms with van der Waals surface area (Å²) in [6.07, 6.45) is 0.265. The van der Waals surface area contributed by atoms with E-state index >= 15 is 0 Å². The van der Waals surface area contributed by atoms with Gasteiger partial charge in [-0.25, -0.2) is 0 Å². The topological polar surface area (TPSA) is 49.4 Å². The van der Waals surface area contributed by atoms with E-state index in [0.29, 0.717) is 0 Å². The Morgan fingerprint density at radius 1 is 0.833 bits per heavy atom. The zero-order valence-corrected chi connectivity index (χ0v) is 18.0. The molecular weight excluding hydrogens is 372 g/mol. The molecule has 4 nitrogen and oxygen atoms in total. The van der Waals surface area contributed by atoms with E-state index in [2.05, 4.69) is 17.4 Å². The van der Waals surface area contributed by atoms with Crippen molar-refractivity contribution in [1.29, 1.82) is 0 Å². The molecule has 1 N–H and O–H groups in total. The lowest BCUT2D eigenvalue weighted by Gasteiger charge is -2.18. The number of nitrogens with one attached hydrogen (secondary N) is 1. The minimum absolute atomic E-state index is 0.0215. The summed E-state index contributed by atoms with van der Waals surface area (Å²) in [4.78, 5) is 26.5. The number of rotatable bonds is 6. The van der Waals surface area contributed by atoms with E-state index in [9.17, 15) is 9.59 Å². The molecule has 0 atom stereocenters. The summed E-state index contributed by atoms with van der Waals surface area (Å²) < 4.78 is 0. The van der Waals surface area contributed by atoms with Gasteiger partial charge in [-0.2, -0.15) is 0 Å². The average molecular weight is 401 g/mol. The monoisotopic (exact) mass is 400 g/mol. The van der Waals surface area contributed by atoms with E-state index in [4.69, 9.17) is 0 Å². The van der Waals surface area contributed by atoms with Crippen molar-refractivity contribution >= 4 is 17.5 Å². The van der Waals surface area contributed by atoms with Crippen molar-refractivity contribution in [3.63, 3.8) is 0 Å². The van der Waals surface area contributed by atoms with Crippen LogP contribution in [0.25, 0.3) is 11.1 Å². The number of likely N-dealkylation sites (N-methyl/N-ethyl adjacent to an activating group) is 1. The first-order chi connectivity index (χ1) is 14.3. The minimum Gasteiger partial charge on any atom is -0.336 e. The molecule has 0 radical (unpaired) electrons. The summed E-state index contributed by atoms with van der Waals surface area (Å²) in [5.41, 5.74) is 7.21. The summed E-state index contributed by atoms with van der Waals surface area (Å²) in [6, 6.07) is 22.2. The average Bonchev–Trinajstić information content (AvgIpc) is 2.72. The lowest BCUT2D eigenvalue weighted by atomic mass is 10.0. The highest BCUT2D eigenvalue weighted by Gasteiger charge is 2.15. The highest BCUT2D eigenvalue weighted by atomic mass is 16.2. The van der Waals surface area contributed by atoms with Crippen molar-refractivity contribution in [3.8, 4) is 11.1 Å². The molecule has 0 aromatic heterocycles. The molecule has 3 aromatic carbocycles. The molecule has 3 aromatic rings. The Morgan fingerprint density at radius 2 is 1.40 bits per heavy atom. The summed E-state index contributed by atoms with van der Waals surface area (Å²) in [7, 11) is 1.66. The molecule has 0 unspecified atom stereocenters. The van der Waals surface area contributed by atoms with Crippen molar-refractivity contribution < 1.29 is 9.59 Å². The Morgan fingerprint density at radius 3 is 2.00 bits per heavy atom. The fraction of sp³-hybridized carbons (Fsp3) is 0.231. The van der Waals surface area contributed by atoms with Gasteiger partial charge in [-0.1, -0.05) is 72.3 Å². The van der Waals surface area contributed by atoms with Crippen LogP contribution in [0.15, 0.2) is 66.7 Å². The van der Waals surface area contributed by atoms with Crippen molar-refractivity contribution in [3.05, 3.63) is 89.0 Å². The number of aryl methyl sites for hydroxylation is 3. The second kappa shape index (κ2) is 9.40. The van der Waals surface area contributed by atoms with E-state index in [-0.39, 0.29) is 24.8 Å². The third-order valence-electron chi connectivity index (χ3n) is 5.16. The third-order valence-corrected chi connectivity index (χ3v) is 5.16. The van der Waals surface area contributed by atoms with Gasteiger partial charge in [0, 0.05) is 12.7 Å². The van der Waals surface area contributed by atoms with Gasteiger partial charge in [0.25, 0.3) is 0 Å². The van der Waals surface area contributed by atoms with Crippen LogP contribution < -0.4 is 5.32 Å². The molecule has 0 spiro atoms. The standard InChI is InChI=1S/C26H28N2O2/c1-18-14-19(2)26(20(3)15-18)27-24(29)17-28(4)25(30)16-21-10-12-23(13-11-21)22-8-6-5-7-9-22/h5-15H,16-17H2,1-4H3,(H,27,29). The number of benzene rings is 3. The van der Waals surface area contributed by atoms with Crippen molar-refractivity contribution in [2.75, 3.05) is 18.9 Å². The number of nitrogens with zero attached hydrogens (tertiary/aromatic N) is 1. The normalized spacial score (nSPS) is 10.5. The molecular formula is C26H28N2O2. The first-order valence-corrected chi connectivity index (χ1v) is 10.1. The van der Waals surface area contributed by atoms with Gasteiger partial charge < -0.3 is 10.2 Å². The maximum atomic E-state index is 12.6. The molecule has 30 heavy (non-hydrogen) atoms. The molecule has 2 amide bonds. The molecule has 0 fully saturated rings. The molecule has 0 saturated heterocycles. The van der Waals surface area contributed by atoms with Crippen molar-refractivity contribution in [2.24, 2.45) is 0 Å². The second-order valence-electron chi connectivity index (χ2n) is 7.81. The van der Waals surface area contributed by atoms with Crippen LogP contribution in [0.1, 0.15) is 22.3 Å². The smallest absolute Gasteiger partial charge is 0.243 e. The quantitative estimate of drug-likeness (QED) is 0.639. The fourth-order valence-electron chi connectivity index (χ4n) is 3.61. The molecule has 0 aliphatic carbocycles. The van der Waals surface area contributed by atoms with Crippen LogP contribution in [0.4, 0.5) is 5.69 Å². The van der Waals surface area contributed by atoms with Gasteiger partial charge >= 0.3 is 0 Å². The minimum atomic E-state index is -0.194. The SMILES string of the molecule is Cc1cc(C)c(NC(=O)CN(C)C(=O)Cc2ccc(-c3ccccc3)cc2)c(C)c1. The number of hydrogen-bond donors (Lipinski definition) is 1. The Bertz CT molecular complexity index is 1020. The number of carbonyl (C=O) groups is 2. The molecule has 4 heteroatoms. The predicted molar refractivity (Wildman–Crippen MR) is 123 cm³/mol. The van der Waals surface area contributed by atoms with E-state index in [1.54, 1.807) is 7.05 Å². The van der Waals surface area contributed by atoms with Crippen LogP contribution in [0.2, 0.25) is 0 Å². The molecule has 0 saturated carbocycles. The summed E-state index contributed by atoms with van der Waals surface area (Å²) in [5.74, 6) is -0.282. The number of amides is 2. The Labute approximate surface area is 178 Å². The predicted octanol–water partition coefficient (Wildman–Crippen LogP) is 4.92. The van der Waals surface area contributed by atoms with Gasteiger partial charge in [-0.05, 0) is 48.6 Å². The Hall–Kier alpha value is -3.40. The van der Waals surface area contributed by atoms with E-state index in [0.717, 1.165) is 39.1 Å². The third kappa shape index (κ3) is 5.35. The molecule has 0 aliphatic rings. The highest BCUT2D eigenvalue weighted by molar-refractivity contribution is 5.96. The number of anilines is 1. The van der Waals surface area contributed by atoms with Gasteiger partial charge in [0.05, 0.1) is 13.0 Å². The Balaban J connectivity index is 1.57. The van der Waals surface area contributed by atoms with Crippen LogP contribution in [-0.4, -0.2) is 30.3 Å². The van der Waals surface area contributed by atoms with Crippen molar-refractivity contribution in [1.82, 2.24) is 4.90 Å². The fourth-order valence-corrected chi connectivity index (χ4v) is 3.61. The summed E-state index contributed by atoms with van der Waals surface area (Å²) in [6.45, 7) is 6.01. The number of hydrogen-bond acceptors (Lipinski definition) is 2. The Kier molecular flexibility index (Phi) is 6.68.